The third-order valence-electron chi connectivity index (χ3n) is 3.72. The van der Waals surface area contributed by atoms with Gasteiger partial charge in [0.1, 0.15) is 0 Å². The Morgan fingerprint density at radius 3 is 2.28 bits per heavy atom. The van der Waals surface area contributed by atoms with Crippen LogP contribution >= 0.6 is 0 Å². The Kier molecular flexibility index (Phi) is 6.58. The Bertz CT molecular complexity index is 269. The third kappa shape index (κ3) is 4.54. The van der Waals surface area contributed by atoms with Gasteiger partial charge in [-0.1, -0.05) is 0 Å². The summed E-state index contributed by atoms with van der Waals surface area (Å²) < 4.78 is 5.03. The van der Waals surface area contributed by atoms with Gasteiger partial charge >= 0.3 is 0 Å². The van der Waals surface area contributed by atoms with Crippen LogP contribution in [-0.4, -0.2) is 34.5 Å². The smallest absolute Gasteiger partial charge is 0.162 e. The Morgan fingerprint density at radius 2 is 1.83 bits per heavy atom. The van der Waals surface area contributed by atoms with E-state index >= 15 is 0 Å². The number of aliphatic hydroxyl groups excluding tert-OH is 2. The first kappa shape index (κ1) is 15.4. The molecule has 0 aromatic rings. The zero-order chi connectivity index (χ0) is 13.5. The highest BCUT2D eigenvalue weighted by Gasteiger charge is 2.31. The van der Waals surface area contributed by atoms with Crippen LogP contribution in [0.4, 0.5) is 0 Å². The third-order valence-corrected chi connectivity index (χ3v) is 3.72. The van der Waals surface area contributed by atoms with E-state index in [1.165, 1.54) is 0 Å². The minimum Gasteiger partial charge on any atom is -0.368 e. The van der Waals surface area contributed by atoms with Gasteiger partial charge in [-0.25, -0.2) is 0 Å². The Balaban J connectivity index is 2.45. The first-order chi connectivity index (χ1) is 8.58. The van der Waals surface area contributed by atoms with Crippen LogP contribution in [0.2, 0.25) is 0 Å². The van der Waals surface area contributed by atoms with Crippen molar-refractivity contribution in [3.05, 3.63) is 0 Å². The van der Waals surface area contributed by atoms with Crippen molar-refractivity contribution in [3.8, 4) is 6.07 Å². The molecule has 1 saturated carbocycles. The molecule has 18 heavy (non-hydrogen) atoms. The molecule has 0 bridgehead atoms. The van der Waals surface area contributed by atoms with Crippen LogP contribution in [0.25, 0.3) is 0 Å². The molecule has 5 heteroatoms. The van der Waals surface area contributed by atoms with Crippen LogP contribution in [0, 0.1) is 29.1 Å². The SMILES string of the molecule is CCOC(O)C(CC1CCC(C#N)CC1)C(O)O. The molecule has 0 amide bonds. The average Bonchev–Trinajstić information content (AvgIpc) is 2.36. The molecule has 0 spiro atoms. The molecule has 1 fully saturated rings. The summed E-state index contributed by atoms with van der Waals surface area (Å²) in [5.74, 6) is -0.208. The van der Waals surface area contributed by atoms with Crippen molar-refractivity contribution in [2.24, 2.45) is 17.8 Å². The van der Waals surface area contributed by atoms with Gasteiger partial charge in [0.25, 0.3) is 0 Å². The quantitative estimate of drug-likeness (QED) is 0.617. The molecule has 1 aliphatic carbocycles. The van der Waals surface area contributed by atoms with Gasteiger partial charge in [0.15, 0.2) is 12.6 Å². The highest BCUT2D eigenvalue weighted by atomic mass is 16.6. The van der Waals surface area contributed by atoms with Gasteiger partial charge in [-0.2, -0.15) is 5.26 Å². The van der Waals surface area contributed by atoms with E-state index in [4.69, 9.17) is 10.00 Å². The fraction of sp³-hybridized carbons (Fsp3) is 0.923. The van der Waals surface area contributed by atoms with Crippen molar-refractivity contribution in [1.82, 2.24) is 0 Å². The van der Waals surface area contributed by atoms with E-state index in [0.717, 1.165) is 25.7 Å². The largest absolute Gasteiger partial charge is 0.368 e. The summed E-state index contributed by atoms with van der Waals surface area (Å²) in [6, 6.07) is 2.27. The van der Waals surface area contributed by atoms with Gasteiger partial charge in [-0.15, -0.1) is 0 Å². The van der Waals surface area contributed by atoms with Crippen LogP contribution < -0.4 is 0 Å². The lowest BCUT2D eigenvalue weighted by Gasteiger charge is -2.31. The number of ether oxygens (including phenoxy) is 1. The molecule has 1 rings (SSSR count). The first-order valence-electron chi connectivity index (χ1n) is 6.63. The zero-order valence-corrected chi connectivity index (χ0v) is 10.8. The van der Waals surface area contributed by atoms with E-state index in [1.54, 1.807) is 6.92 Å². The summed E-state index contributed by atoms with van der Waals surface area (Å²) in [4.78, 5) is 0. The van der Waals surface area contributed by atoms with Gasteiger partial charge in [0.05, 0.1) is 12.0 Å². The van der Waals surface area contributed by atoms with E-state index < -0.39 is 18.5 Å². The van der Waals surface area contributed by atoms with E-state index in [2.05, 4.69) is 6.07 Å². The van der Waals surface area contributed by atoms with Gasteiger partial charge < -0.3 is 20.1 Å². The van der Waals surface area contributed by atoms with E-state index in [-0.39, 0.29) is 5.92 Å². The molecular formula is C13H23NO4. The molecule has 2 atom stereocenters. The molecule has 5 nitrogen and oxygen atoms in total. The fourth-order valence-corrected chi connectivity index (χ4v) is 2.59. The van der Waals surface area contributed by atoms with Gasteiger partial charge in [-0.05, 0) is 44.9 Å². The molecule has 0 radical (unpaired) electrons. The van der Waals surface area contributed by atoms with Crippen molar-refractivity contribution < 1.29 is 20.1 Å². The minimum absolute atomic E-state index is 0.135. The number of rotatable bonds is 6. The molecular weight excluding hydrogens is 234 g/mol. The maximum absolute atomic E-state index is 9.71. The van der Waals surface area contributed by atoms with E-state index in [1.807, 2.05) is 0 Å². The Hall–Kier alpha value is -0.670. The topological polar surface area (TPSA) is 93.7 Å². The maximum Gasteiger partial charge on any atom is 0.162 e. The second-order valence-corrected chi connectivity index (χ2v) is 5.01. The normalized spacial score (nSPS) is 27.8. The number of nitrogens with zero attached hydrogens (tertiary/aromatic N) is 1. The van der Waals surface area contributed by atoms with E-state index in [9.17, 15) is 15.3 Å². The summed E-state index contributed by atoms with van der Waals surface area (Å²) >= 11 is 0. The van der Waals surface area contributed by atoms with Crippen molar-refractivity contribution in [2.45, 2.75) is 51.6 Å². The number of aliphatic hydroxyl groups is 3. The molecule has 3 N–H and O–H groups in total. The standard InChI is InChI=1S/C13H23NO4/c1-2-18-13(17)11(12(15)16)7-9-3-5-10(8-14)6-4-9/h9-13,15-17H,2-7H2,1H3. The van der Waals surface area contributed by atoms with Gasteiger partial charge in [-0.3, -0.25) is 0 Å². The summed E-state index contributed by atoms with van der Waals surface area (Å²) in [6.45, 7) is 2.09. The summed E-state index contributed by atoms with van der Waals surface area (Å²) in [5.41, 5.74) is 0. The molecule has 104 valence electrons. The molecule has 0 aromatic carbocycles. The van der Waals surface area contributed by atoms with Crippen molar-refractivity contribution in [2.75, 3.05) is 6.61 Å². The van der Waals surface area contributed by atoms with Crippen molar-refractivity contribution in [3.63, 3.8) is 0 Å². The highest BCUT2D eigenvalue weighted by molar-refractivity contribution is 4.87. The monoisotopic (exact) mass is 257 g/mol. The lowest BCUT2D eigenvalue weighted by Crippen LogP contribution is -2.35. The molecule has 0 heterocycles. The predicted octanol–water partition coefficient (Wildman–Crippen LogP) is 0.988. The Morgan fingerprint density at radius 1 is 1.22 bits per heavy atom. The number of hydrogen-bond donors (Lipinski definition) is 3. The van der Waals surface area contributed by atoms with Crippen LogP contribution in [0.3, 0.4) is 0 Å². The molecule has 1 aliphatic rings. The molecule has 0 aromatic heterocycles. The van der Waals surface area contributed by atoms with Crippen molar-refractivity contribution >= 4 is 0 Å². The average molecular weight is 257 g/mol. The molecule has 2 unspecified atom stereocenters. The first-order valence-corrected chi connectivity index (χ1v) is 6.63. The second kappa shape index (κ2) is 7.70. The summed E-state index contributed by atoms with van der Waals surface area (Å²) in [7, 11) is 0. The highest BCUT2D eigenvalue weighted by Crippen LogP contribution is 2.34. The predicted molar refractivity (Wildman–Crippen MR) is 65.0 cm³/mol. The van der Waals surface area contributed by atoms with Crippen LogP contribution in [-0.2, 0) is 4.74 Å². The lowest BCUT2D eigenvalue weighted by atomic mass is 9.78. The number of nitriles is 1. The van der Waals surface area contributed by atoms with Gasteiger partial charge in [0, 0.05) is 12.5 Å². The molecule has 0 aliphatic heterocycles. The summed E-state index contributed by atoms with van der Waals surface area (Å²) in [6.07, 6.45) is 1.35. The maximum atomic E-state index is 9.71. The summed E-state index contributed by atoms with van der Waals surface area (Å²) in [5, 5.41) is 37.1. The molecule has 0 saturated heterocycles. The Labute approximate surface area is 108 Å². The minimum atomic E-state index is -1.57. The lowest BCUT2D eigenvalue weighted by molar-refractivity contribution is -0.204. The van der Waals surface area contributed by atoms with Crippen LogP contribution in [0.1, 0.15) is 39.0 Å². The fourth-order valence-electron chi connectivity index (χ4n) is 2.59. The second-order valence-electron chi connectivity index (χ2n) is 5.01. The number of hydrogen-bond acceptors (Lipinski definition) is 5. The van der Waals surface area contributed by atoms with Crippen LogP contribution in [0.15, 0.2) is 0 Å². The van der Waals surface area contributed by atoms with Crippen molar-refractivity contribution in [1.29, 1.82) is 5.26 Å². The van der Waals surface area contributed by atoms with Gasteiger partial charge in [0.2, 0.25) is 0 Å². The zero-order valence-electron chi connectivity index (χ0n) is 10.8. The van der Waals surface area contributed by atoms with Crippen LogP contribution in [0.5, 0.6) is 0 Å². The van der Waals surface area contributed by atoms with E-state index in [0.29, 0.717) is 18.9 Å².